The Morgan fingerprint density at radius 2 is 2.00 bits per heavy atom. The fraction of sp³-hybridized carbons (Fsp3) is 0.111. The number of aryl methyl sites for hydroxylation is 1. The zero-order chi connectivity index (χ0) is 18.1. The summed E-state index contributed by atoms with van der Waals surface area (Å²) in [6.45, 7) is 1.94. The number of aromatic amines is 1. The van der Waals surface area contributed by atoms with E-state index in [1.165, 1.54) is 21.9 Å². The molecule has 0 bridgehead atoms. The standard InChI is InChI=1S/C18H15N5O2S/c1-12-10-16(24)23-18(19-12)20-15(21-23)11-22(13-6-3-2-4-7-13)17(25)14-8-5-9-26-14/h2-10H,11H2,1H3,(H,19,20,21). The van der Waals surface area contributed by atoms with E-state index in [-0.39, 0.29) is 18.0 Å². The van der Waals surface area contributed by atoms with E-state index in [0.29, 0.717) is 22.2 Å². The van der Waals surface area contributed by atoms with Crippen molar-refractivity contribution < 1.29 is 4.79 Å². The molecule has 3 aromatic heterocycles. The summed E-state index contributed by atoms with van der Waals surface area (Å²) < 4.78 is 1.28. The van der Waals surface area contributed by atoms with Gasteiger partial charge in [0.1, 0.15) is 5.82 Å². The number of nitrogens with zero attached hydrogens (tertiary/aromatic N) is 4. The van der Waals surface area contributed by atoms with E-state index < -0.39 is 0 Å². The Balaban J connectivity index is 1.74. The second kappa shape index (κ2) is 6.57. The van der Waals surface area contributed by atoms with Gasteiger partial charge in [-0.3, -0.25) is 14.7 Å². The van der Waals surface area contributed by atoms with Crippen LogP contribution >= 0.6 is 11.3 Å². The summed E-state index contributed by atoms with van der Waals surface area (Å²) in [6, 6.07) is 14.4. The summed E-state index contributed by atoms with van der Waals surface area (Å²) in [4.78, 5) is 35.9. The van der Waals surface area contributed by atoms with Gasteiger partial charge in [0.25, 0.3) is 17.2 Å². The van der Waals surface area contributed by atoms with Gasteiger partial charge in [-0.2, -0.15) is 9.50 Å². The lowest BCUT2D eigenvalue weighted by Gasteiger charge is -2.21. The van der Waals surface area contributed by atoms with Gasteiger partial charge in [-0.1, -0.05) is 24.3 Å². The summed E-state index contributed by atoms with van der Waals surface area (Å²) in [5.74, 6) is 0.652. The first kappa shape index (κ1) is 16.2. The minimum atomic E-state index is -0.234. The average Bonchev–Trinajstić information content (AvgIpc) is 3.29. The van der Waals surface area contributed by atoms with Gasteiger partial charge in [-0.05, 0) is 30.5 Å². The Morgan fingerprint density at radius 3 is 2.73 bits per heavy atom. The van der Waals surface area contributed by atoms with Gasteiger partial charge >= 0.3 is 0 Å². The number of hydrogen-bond donors (Lipinski definition) is 1. The maximum absolute atomic E-state index is 13.0. The molecule has 8 heteroatoms. The Bertz CT molecular complexity index is 1120. The highest BCUT2D eigenvalue weighted by Crippen LogP contribution is 2.21. The number of fused-ring (bicyclic) bond motifs is 1. The van der Waals surface area contributed by atoms with Crippen molar-refractivity contribution >= 4 is 28.7 Å². The minimum absolute atomic E-state index is 0.122. The van der Waals surface area contributed by atoms with Gasteiger partial charge in [0.15, 0.2) is 0 Å². The maximum atomic E-state index is 13.0. The number of H-pyrrole nitrogens is 1. The molecule has 0 fully saturated rings. The molecule has 1 amide bonds. The number of para-hydroxylation sites is 1. The van der Waals surface area contributed by atoms with Crippen molar-refractivity contribution in [2.45, 2.75) is 13.5 Å². The van der Waals surface area contributed by atoms with Crippen LogP contribution in [0.25, 0.3) is 5.78 Å². The summed E-state index contributed by atoms with van der Waals surface area (Å²) in [7, 11) is 0. The molecule has 0 spiro atoms. The lowest BCUT2D eigenvalue weighted by molar-refractivity contribution is 0.0988. The van der Waals surface area contributed by atoms with Crippen molar-refractivity contribution in [1.82, 2.24) is 19.6 Å². The molecule has 0 radical (unpaired) electrons. The molecule has 3 heterocycles. The highest BCUT2D eigenvalue weighted by Gasteiger charge is 2.20. The molecule has 0 aliphatic heterocycles. The van der Waals surface area contributed by atoms with Crippen molar-refractivity contribution in [2.24, 2.45) is 0 Å². The molecule has 0 saturated carbocycles. The second-order valence-electron chi connectivity index (χ2n) is 5.75. The Labute approximate surface area is 152 Å². The quantitative estimate of drug-likeness (QED) is 0.603. The van der Waals surface area contributed by atoms with Crippen LogP contribution in [0.3, 0.4) is 0 Å². The highest BCUT2D eigenvalue weighted by molar-refractivity contribution is 7.12. The van der Waals surface area contributed by atoms with E-state index >= 15 is 0 Å². The number of aromatic nitrogens is 4. The van der Waals surface area contributed by atoms with Crippen LogP contribution in [-0.2, 0) is 6.54 Å². The van der Waals surface area contributed by atoms with E-state index in [9.17, 15) is 9.59 Å². The first-order valence-corrected chi connectivity index (χ1v) is 8.85. The Morgan fingerprint density at radius 1 is 1.19 bits per heavy atom. The van der Waals surface area contributed by atoms with Crippen LogP contribution in [0, 0.1) is 6.92 Å². The summed E-state index contributed by atoms with van der Waals surface area (Å²) >= 11 is 1.38. The van der Waals surface area contributed by atoms with Gasteiger partial charge in [-0.15, -0.1) is 11.3 Å². The van der Waals surface area contributed by atoms with E-state index in [1.54, 1.807) is 17.9 Å². The number of rotatable bonds is 4. The first-order valence-electron chi connectivity index (χ1n) is 7.97. The minimum Gasteiger partial charge on any atom is -0.300 e. The van der Waals surface area contributed by atoms with Crippen LogP contribution in [0.15, 0.2) is 58.7 Å². The zero-order valence-corrected chi connectivity index (χ0v) is 14.7. The number of thiophene rings is 1. The maximum Gasteiger partial charge on any atom is 0.274 e. The van der Waals surface area contributed by atoms with Crippen LogP contribution in [-0.4, -0.2) is 25.5 Å². The summed E-state index contributed by atoms with van der Waals surface area (Å²) in [6.07, 6.45) is 0. The molecule has 130 valence electrons. The third-order valence-electron chi connectivity index (χ3n) is 3.86. The summed E-state index contributed by atoms with van der Waals surface area (Å²) in [5, 5.41) is 4.80. The molecule has 0 atom stereocenters. The molecule has 7 nitrogen and oxygen atoms in total. The largest absolute Gasteiger partial charge is 0.300 e. The van der Waals surface area contributed by atoms with E-state index in [1.807, 2.05) is 41.8 Å². The first-order chi connectivity index (χ1) is 12.6. The molecule has 1 aromatic carbocycles. The van der Waals surface area contributed by atoms with Gasteiger partial charge in [0.05, 0.1) is 11.4 Å². The Kier molecular flexibility index (Phi) is 4.10. The van der Waals surface area contributed by atoms with Gasteiger partial charge in [0.2, 0.25) is 0 Å². The topological polar surface area (TPSA) is 83.4 Å². The third-order valence-corrected chi connectivity index (χ3v) is 4.72. The van der Waals surface area contributed by atoms with Gasteiger partial charge in [0, 0.05) is 17.4 Å². The normalized spacial score (nSPS) is 11.0. The number of anilines is 1. The third kappa shape index (κ3) is 3.02. The number of nitrogens with one attached hydrogen (secondary N) is 1. The highest BCUT2D eigenvalue weighted by atomic mass is 32.1. The van der Waals surface area contributed by atoms with Crippen molar-refractivity contribution in [1.29, 1.82) is 0 Å². The molecule has 0 aliphatic carbocycles. The molecule has 0 aliphatic rings. The molecular formula is C18H15N5O2S. The van der Waals surface area contributed by atoms with Crippen molar-refractivity contribution in [3.8, 4) is 0 Å². The predicted molar refractivity (Wildman–Crippen MR) is 99.6 cm³/mol. The number of hydrogen-bond acceptors (Lipinski definition) is 5. The van der Waals surface area contributed by atoms with Gasteiger partial charge in [-0.25, -0.2) is 4.98 Å². The molecule has 4 rings (SSSR count). The smallest absolute Gasteiger partial charge is 0.274 e. The van der Waals surface area contributed by atoms with Crippen LogP contribution in [0.4, 0.5) is 5.69 Å². The monoisotopic (exact) mass is 365 g/mol. The predicted octanol–water partition coefficient (Wildman–Crippen LogP) is 2.63. The zero-order valence-electron chi connectivity index (χ0n) is 13.9. The number of benzene rings is 1. The second-order valence-corrected chi connectivity index (χ2v) is 6.69. The molecule has 1 N–H and O–H groups in total. The van der Waals surface area contributed by atoms with Crippen molar-refractivity contribution in [3.63, 3.8) is 0 Å². The fourth-order valence-electron chi connectivity index (χ4n) is 2.68. The Hall–Kier alpha value is -3.26. The van der Waals surface area contributed by atoms with Crippen molar-refractivity contribution in [2.75, 3.05) is 4.90 Å². The molecule has 26 heavy (non-hydrogen) atoms. The van der Waals surface area contributed by atoms with E-state index in [2.05, 4.69) is 15.1 Å². The van der Waals surface area contributed by atoms with E-state index in [4.69, 9.17) is 0 Å². The van der Waals surface area contributed by atoms with Crippen molar-refractivity contribution in [3.05, 3.63) is 80.7 Å². The number of amides is 1. The van der Waals surface area contributed by atoms with Crippen LogP contribution in [0.2, 0.25) is 0 Å². The van der Waals surface area contributed by atoms with Gasteiger partial charge < -0.3 is 4.90 Å². The number of carbonyl (C=O) groups excluding carboxylic acids is 1. The SMILES string of the molecule is Cc1cc(=O)n2[nH]c(CN(C(=O)c3cccs3)c3ccccc3)nc2n1. The molecular weight excluding hydrogens is 350 g/mol. The van der Waals surface area contributed by atoms with Crippen LogP contribution in [0.5, 0.6) is 0 Å². The fourth-order valence-corrected chi connectivity index (χ4v) is 3.35. The van der Waals surface area contributed by atoms with E-state index in [0.717, 1.165) is 5.69 Å². The number of carbonyl (C=O) groups is 1. The molecule has 0 unspecified atom stereocenters. The lowest BCUT2D eigenvalue weighted by Crippen LogP contribution is -2.30. The van der Waals surface area contributed by atoms with Crippen LogP contribution in [0.1, 0.15) is 21.2 Å². The van der Waals surface area contributed by atoms with Crippen LogP contribution < -0.4 is 10.5 Å². The molecule has 4 aromatic rings. The lowest BCUT2D eigenvalue weighted by atomic mass is 10.2. The molecule has 0 saturated heterocycles. The average molecular weight is 365 g/mol. The summed E-state index contributed by atoms with van der Waals surface area (Å²) in [5.41, 5.74) is 1.12.